The fraction of sp³-hybridized carbons (Fsp3) is 0. The normalized spacial score (nSPS) is 11.2. The molecule has 0 aliphatic rings. The highest BCUT2D eigenvalue weighted by atomic mass is 16.3. The highest BCUT2D eigenvalue weighted by molar-refractivity contribution is 6.10. The topological polar surface area (TPSA) is 38.9 Å². The van der Waals surface area contributed by atoms with Crippen molar-refractivity contribution in [1.82, 2.24) is 9.97 Å². The molecule has 19 heavy (non-hydrogen) atoms. The Morgan fingerprint density at radius 2 is 1.74 bits per heavy atom. The Hall–Kier alpha value is -2.68. The summed E-state index contributed by atoms with van der Waals surface area (Å²) in [5.74, 6) is 0. The van der Waals surface area contributed by atoms with E-state index in [9.17, 15) is 0 Å². The molecule has 0 fully saturated rings. The van der Waals surface area contributed by atoms with Crippen LogP contribution in [0.15, 0.2) is 65.3 Å². The highest BCUT2D eigenvalue weighted by Crippen LogP contribution is 2.34. The van der Waals surface area contributed by atoms with Gasteiger partial charge in [0.05, 0.1) is 5.69 Å². The van der Waals surface area contributed by atoms with E-state index in [1.165, 1.54) is 0 Å². The average Bonchev–Trinajstić information content (AvgIpc) is 2.86. The van der Waals surface area contributed by atoms with Crippen molar-refractivity contribution < 1.29 is 4.42 Å². The van der Waals surface area contributed by atoms with Crippen LogP contribution in [0.4, 0.5) is 0 Å². The molecule has 4 rings (SSSR count). The number of hydrogen-bond donors (Lipinski definition) is 0. The van der Waals surface area contributed by atoms with Gasteiger partial charge in [-0.3, -0.25) is 4.98 Å². The zero-order valence-electron chi connectivity index (χ0n) is 10.1. The van der Waals surface area contributed by atoms with E-state index in [1.54, 1.807) is 12.4 Å². The first-order valence-electron chi connectivity index (χ1n) is 6.11. The second-order valence-corrected chi connectivity index (χ2v) is 4.35. The Kier molecular flexibility index (Phi) is 2.12. The van der Waals surface area contributed by atoms with Crippen LogP contribution in [0.25, 0.3) is 33.3 Å². The van der Waals surface area contributed by atoms with Gasteiger partial charge in [0.1, 0.15) is 5.58 Å². The second kappa shape index (κ2) is 3.92. The number of rotatable bonds is 1. The number of nitrogens with zero attached hydrogens (tertiary/aromatic N) is 2. The minimum atomic E-state index is 0.667. The molecule has 0 bridgehead atoms. The minimum Gasteiger partial charge on any atom is -0.438 e. The molecule has 0 spiro atoms. The lowest BCUT2D eigenvalue weighted by Crippen LogP contribution is -1.82. The first kappa shape index (κ1) is 10.3. The molecule has 0 amide bonds. The van der Waals surface area contributed by atoms with Crippen LogP contribution in [-0.2, 0) is 0 Å². The van der Waals surface area contributed by atoms with Crippen molar-refractivity contribution in [1.29, 1.82) is 0 Å². The Balaban J connectivity index is 2.17. The lowest BCUT2D eigenvalue weighted by Gasteiger charge is -2.01. The molecule has 4 aromatic rings. The van der Waals surface area contributed by atoms with Gasteiger partial charge in [0.2, 0.25) is 5.71 Å². The minimum absolute atomic E-state index is 0.667. The maximum absolute atomic E-state index is 5.78. The summed E-state index contributed by atoms with van der Waals surface area (Å²) < 4.78 is 5.78. The second-order valence-electron chi connectivity index (χ2n) is 4.35. The van der Waals surface area contributed by atoms with E-state index in [1.807, 2.05) is 42.5 Å². The summed E-state index contributed by atoms with van der Waals surface area (Å²) in [4.78, 5) is 8.69. The molecule has 3 heteroatoms. The molecule has 3 aromatic heterocycles. The quantitative estimate of drug-likeness (QED) is 0.508. The zero-order valence-corrected chi connectivity index (χ0v) is 10.1. The first-order chi connectivity index (χ1) is 9.43. The van der Waals surface area contributed by atoms with E-state index in [-0.39, 0.29) is 0 Å². The standard InChI is InChI=1S/C16H10N2O/c1-2-9-17-13(7-1)11-5-3-8-14-15(11)12-6-4-10-18-16(12)19-14/h1-10H. The lowest BCUT2D eigenvalue weighted by molar-refractivity contribution is 0.654. The average molecular weight is 246 g/mol. The molecule has 0 aliphatic carbocycles. The van der Waals surface area contributed by atoms with Crippen molar-refractivity contribution in [2.24, 2.45) is 0 Å². The smallest absolute Gasteiger partial charge is 0.227 e. The van der Waals surface area contributed by atoms with E-state index in [4.69, 9.17) is 4.42 Å². The van der Waals surface area contributed by atoms with Gasteiger partial charge in [0.25, 0.3) is 0 Å². The summed E-state index contributed by atoms with van der Waals surface area (Å²) in [7, 11) is 0. The van der Waals surface area contributed by atoms with Crippen LogP contribution in [0.2, 0.25) is 0 Å². The Labute approximate surface area is 109 Å². The van der Waals surface area contributed by atoms with E-state index in [0.717, 1.165) is 27.6 Å². The Morgan fingerprint density at radius 3 is 2.63 bits per heavy atom. The Morgan fingerprint density at radius 1 is 0.789 bits per heavy atom. The molecule has 1 aromatic carbocycles. The summed E-state index contributed by atoms with van der Waals surface area (Å²) in [6, 6.07) is 15.9. The number of fused-ring (bicyclic) bond motifs is 3. The Bertz CT molecular complexity index is 866. The molecule has 0 aliphatic heterocycles. The van der Waals surface area contributed by atoms with E-state index in [0.29, 0.717) is 5.71 Å². The summed E-state index contributed by atoms with van der Waals surface area (Å²) in [5, 5.41) is 2.10. The largest absolute Gasteiger partial charge is 0.438 e. The number of aromatic nitrogens is 2. The highest BCUT2D eigenvalue weighted by Gasteiger charge is 2.12. The summed E-state index contributed by atoms with van der Waals surface area (Å²) in [6.45, 7) is 0. The van der Waals surface area contributed by atoms with Crippen molar-refractivity contribution in [2.75, 3.05) is 0 Å². The predicted octanol–water partition coefficient (Wildman–Crippen LogP) is 4.04. The third kappa shape index (κ3) is 1.52. The molecule has 0 radical (unpaired) electrons. The van der Waals surface area contributed by atoms with Crippen molar-refractivity contribution in [3.05, 3.63) is 60.9 Å². The van der Waals surface area contributed by atoms with Crippen molar-refractivity contribution in [3.8, 4) is 11.3 Å². The summed E-state index contributed by atoms with van der Waals surface area (Å²) in [6.07, 6.45) is 3.54. The summed E-state index contributed by atoms with van der Waals surface area (Å²) in [5.41, 5.74) is 3.53. The van der Waals surface area contributed by atoms with Gasteiger partial charge in [-0.1, -0.05) is 18.2 Å². The van der Waals surface area contributed by atoms with Crippen molar-refractivity contribution >= 4 is 22.1 Å². The maximum atomic E-state index is 5.78. The molecule has 3 heterocycles. The zero-order chi connectivity index (χ0) is 12.7. The number of furan rings is 1. The summed E-state index contributed by atoms with van der Waals surface area (Å²) >= 11 is 0. The van der Waals surface area contributed by atoms with Crippen LogP contribution < -0.4 is 0 Å². The molecule has 0 saturated carbocycles. The van der Waals surface area contributed by atoms with Gasteiger partial charge >= 0.3 is 0 Å². The van der Waals surface area contributed by atoms with Crippen LogP contribution in [0.5, 0.6) is 0 Å². The van der Waals surface area contributed by atoms with E-state index >= 15 is 0 Å². The van der Waals surface area contributed by atoms with Crippen LogP contribution in [0, 0.1) is 0 Å². The van der Waals surface area contributed by atoms with Crippen LogP contribution >= 0.6 is 0 Å². The van der Waals surface area contributed by atoms with Gasteiger partial charge in [0, 0.05) is 28.7 Å². The third-order valence-corrected chi connectivity index (χ3v) is 3.21. The van der Waals surface area contributed by atoms with E-state index < -0.39 is 0 Å². The molecule has 0 atom stereocenters. The first-order valence-corrected chi connectivity index (χ1v) is 6.11. The predicted molar refractivity (Wildman–Crippen MR) is 74.7 cm³/mol. The van der Waals surface area contributed by atoms with Crippen molar-refractivity contribution in [3.63, 3.8) is 0 Å². The monoisotopic (exact) mass is 246 g/mol. The SMILES string of the molecule is c1ccc(-c2cccc3oc4ncccc4c23)nc1. The fourth-order valence-electron chi connectivity index (χ4n) is 2.40. The van der Waals surface area contributed by atoms with Crippen LogP contribution in [0.3, 0.4) is 0 Å². The fourth-order valence-corrected chi connectivity index (χ4v) is 2.40. The number of benzene rings is 1. The molecule has 0 saturated heterocycles. The van der Waals surface area contributed by atoms with Gasteiger partial charge < -0.3 is 4.42 Å². The van der Waals surface area contributed by atoms with Gasteiger partial charge in [-0.15, -0.1) is 0 Å². The van der Waals surface area contributed by atoms with Gasteiger partial charge in [0.15, 0.2) is 0 Å². The molecular weight excluding hydrogens is 236 g/mol. The maximum Gasteiger partial charge on any atom is 0.227 e. The molecular formula is C16H10N2O. The lowest BCUT2D eigenvalue weighted by atomic mass is 10.0. The van der Waals surface area contributed by atoms with Crippen molar-refractivity contribution in [2.45, 2.75) is 0 Å². The number of hydrogen-bond acceptors (Lipinski definition) is 3. The van der Waals surface area contributed by atoms with Gasteiger partial charge in [-0.2, -0.15) is 0 Å². The van der Waals surface area contributed by atoms with Gasteiger partial charge in [-0.05, 0) is 30.3 Å². The molecule has 3 nitrogen and oxygen atoms in total. The molecule has 0 N–H and O–H groups in total. The third-order valence-electron chi connectivity index (χ3n) is 3.21. The van der Waals surface area contributed by atoms with E-state index in [2.05, 4.69) is 16.0 Å². The molecule has 90 valence electrons. The number of pyridine rings is 2. The van der Waals surface area contributed by atoms with Crippen LogP contribution in [0.1, 0.15) is 0 Å². The van der Waals surface area contributed by atoms with Crippen LogP contribution in [-0.4, -0.2) is 9.97 Å². The molecule has 0 unspecified atom stereocenters. The van der Waals surface area contributed by atoms with Gasteiger partial charge in [-0.25, -0.2) is 4.98 Å².